The predicted octanol–water partition coefficient (Wildman–Crippen LogP) is 3.04. The molecule has 2 rings (SSSR count). The van der Waals surface area contributed by atoms with Crippen molar-refractivity contribution in [1.82, 2.24) is 9.19 Å². The largest absolute Gasteiger partial charge is 0.495 e. The molecule has 1 aromatic heterocycles. The molecule has 2 aromatic rings. The van der Waals surface area contributed by atoms with Crippen LogP contribution >= 0.6 is 0 Å². The fourth-order valence-corrected chi connectivity index (χ4v) is 3.83. The molecule has 1 aromatic carbocycles. The monoisotopic (exact) mass is 322 g/mol. The van der Waals surface area contributed by atoms with Gasteiger partial charge in [0.2, 0.25) is 0 Å². The third kappa shape index (κ3) is 2.88. The molecule has 22 heavy (non-hydrogen) atoms. The molecule has 6 heteroatoms. The summed E-state index contributed by atoms with van der Waals surface area (Å²) in [6.07, 6.45) is 0. The third-order valence-electron chi connectivity index (χ3n) is 3.50. The van der Waals surface area contributed by atoms with E-state index in [1.807, 2.05) is 26.8 Å². The molecule has 0 unspecified atom stereocenters. The van der Waals surface area contributed by atoms with Crippen LogP contribution in [0, 0.1) is 13.8 Å². The highest BCUT2D eigenvalue weighted by Crippen LogP contribution is 2.32. The van der Waals surface area contributed by atoms with E-state index in [0.717, 1.165) is 9.65 Å². The lowest BCUT2D eigenvalue weighted by molar-refractivity contribution is 0.401. The summed E-state index contributed by atoms with van der Waals surface area (Å²) in [6.45, 7) is 9.59. The lowest BCUT2D eigenvalue weighted by Gasteiger charge is -2.21. The molecule has 0 radical (unpaired) electrons. The van der Waals surface area contributed by atoms with Crippen LogP contribution in [0.1, 0.15) is 37.7 Å². The summed E-state index contributed by atoms with van der Waals surface area (Å²) in [5.41, 5.74) is 1.99. The molecule has 5 nitrogen and oxygen atoms in total. The van der Waals surface area contributed by atoms with E-state index < -0.39 is 10.0 Å². The van der Waals surface area contributed by atoms with Gasteiger partial charge in [0.15, 0.2) is 0 Å². The Labute approximate surface area is 132 Å². The molecular formula is C16H22N2O3S. The number of hydrogen-bond donors (Lipinski definition) is 0. The van der Waals surface area contributed by atoms with Gasteiger partial charge in [-0.2, -0.15) is 17.6 Å². The van der Waals surface area contributed by atoms with E-state index in [2.05, 4.69) is 5.10 Å². The highest BCUT2D eigenvalue weighted by atomic mass is 32.2. The molecule has 0 fully saturated rings. The molecule has 0 amide bonds. The molecule has 0 bridgehead atoms. The number of benzene rings is 1. The zero-order valence-electron chi connectivity index (χ0n) is 13.8. The van der Waals surface area contributed by atoms with E-state index in [1.54, 1.807) is 32.0 Å². The van der Waals surface area contributed by atoms with Crippen molar-refractivity contribution < 1.29 is 13.2 Å². The minimum absolute atomic E-state index is 0.133. The van der Waals surface area contributed by atoms with Crippen molar-refractivity contribution in [3.63, 3.8) is 0 Å². The van der Waals surface area contributed by atoms with Crippen molar-refractivity contribution in [1.29, 1.82) is 0 Å². The number of aromatic nitrogens is 2. The van der Waals surface area contributed by atoms with Crippen LogP contribution in [0.3, 0.4) is 0 Å². The van der Waals surface area contributed by atoms with Crippen LogP contribution in [0.25, 0.3) is 0 Å². The number of hydrogen-bond acceptors (Lipinski definition) is 4. The summed E-state index contributed by atoms with van der Waals surface area (Å²) in [7, 11) is -2.33. The van der Waals surface area contributed by atoms with Crippen molar-refractivity contribution in [2.24, 2.45) is 0 Å². The Hall–Kier alpha value is -1.82. The molecule has 0 saturated heterocycles. The summed E-state index contributed by atoms with van der Waals surface area (Å²) in [5.74, 6) is 0.320. The number of nitrogens with zero attached hydrogens (tertiary/aromatic N) is 2. The SMILES string of the molecule is COc1ccc(C(C)(C)C)cc1S(=O)(=O)n1nc(C)cc1C. The second kappa shape index (κ2) is 5.43. The van der Waals surface area contributed by atoms with Gasteiger partial charge in [-0.05, 0) is 43.0 Å². The molecule has 0 saturated carbocycles. The van der Waals surface area contributed by atoms with Crippen LogP contribution in [0.15, 0.2) is 29.2 Å². The Bertz CT molecular complexity index is 799. The van der Waals surface area contributed by atoms with Gasteiger partial charge in [-0.1, -0.05) is 26.8 Å². The standard InChI is InChI=1S/C16H22N2O3S/c1-11-9-12(2)18(17-11)22(19,20)15-10-13(16(3,4)5)7-8-14(15)21-6/h7-10H,1-6H3. The van der Waals surface area contributed by atoms with Gasteiger partial charge in [-0.3, -0.25) is 0 Å². The number of ether oxygens (including phenoxy) is 1. The molecule has 0 aliphatic rings. The normalized spacial score (nSPS) is 12.5. The van der Waals surface area contributed by atoms with E-state index in [4.69, 9.17) is 4.74 Å². The molecule has 120 valence electrons. The zero-order chi connectivity index (χ0) is 16.7. The smallest absolute Gasteiger partial charge is 0.286 e. The summed E-state index contributed by atoms with van der Waals surface area (Å²) >= 11 is 0. The summed E-state index contributed by atoms with van der Waals surface area (Å²) in [5, 5.41) is 4.10. The van der Waals surface area contributed by atoms with Crippen molar-refractivity contribution in [2.45, 2.75) is 44.9 Å². The Morgan fingerprint density at radius 3 is 2.23 bits per heavy atom. The van der Waals surface area contributed by atoms with Crippen molar-refractivity contribution in [2.75, 3.05) is 7.11 Å². The Morgan fingerprint density at radius 1 is 1.14 bits per heavy atom. The first kappa shape index (κ1) is 16.5. The maximum absolute atomic E-state index is 12.9. The second-order valence-electron chi connectivity index (χ2n) is 6.39. The van der Waals surface area contributed by atoms with Crippen molar-refractivity contribution in [3.8, 4) is 5.75 Å². The van der Waals surface area contributed by atoms with Gasteiger partial charge >= 0.3 is 0 Å². The first-order valence-corrected chi connectivity index (χ1v) is 8.49. The lowest BCUT2D eigenvalue weighted by Crippen LogP contribution is -2.19. The fraction of sp³-hybridized carbons (Fsp3) is 0.438. The average molecular weight is 322 g/mol. The average Bonchev–Trinajstić information content (AvgIpc) is 2.76. The van der Waals surface area contributed by atoms with E-state index in [1.165, 1.54) is 7.11 Å². The van der Waals surface area contributed by atoms with Crippen LogP contribution in [0.4, 0.5) is 0 Å². The second-order valence-corrected chi connectivity index (χ2v) is 8.13. The van der Waals surface area contributed by atoms with Crippen LogP contribution in [0.5, 0.6) is 5.75 Å². The van der Waals surface area contributed by atoms with Crippen LogP contribution < -0.4 is 4.74 Å². The minimum atomic E-state index is -3.79. The topological polar surface area (TPSA) is 61.2 Å². The van der Waals surface area contributed by atoms with Gasteiger partial charge in [0.1, 0.15) is 10.6 Å². The minimum Gasteiger partial charge on any atom is -0.495 e. The summed E-state index contributed by atoms with van der Waals surface area (Å²) in [6, 6.07) is 6.99. The highest BCUT2D eigenvalue weighted by Gasteiger charge is 2.27. The molecule has 0 aliphatic carbocycles. The van der Waals surface area contributed by atoms with Gasteiger partial charge in [0.05, 0.1) is 18.5 Å². The van der Waals surface area contributed by atoms with Gasteiger partial charge in [0.25, 0.3) is 10.0 Å². The van der Waals surface area contributed by atoms with E-state index >= 15 is 0 Å². The quantitative estimate of drug-likeness (QED) is 0.871. The number of methoxy groups -OCH3 is 1. The van der Waals surface area contributed by atoms with Crippen molar-refractivity contribution in [3.05, 3.63) is 41.2 Å². The molecule has 0 atom stereocenters. The predicted molar refractivity (Wildman–Crippen MR) is 86.0 cm³/mol. The van der Waals surface area contributed by atoms with E-state index in [0.29, 0.717) is 17.1 Å². The molecule has 0 N–H and O–H groups in total. The Balaban J connectivity index is 2.71. The van der Waals surface area contributed by atoms with Crippen LogP contribution in [0.2, 0.25) is 0 Å². The number of aryl methyl sites for hydroxylation is 2. The molecule has 0 spiro atoms. The van der Waals surface area contributed by atoms with Gasteiger partial charge in [-0.25, -0.2) is 0 Å². The Morgan fingerprint density at radius 2 is 1.77 bits per heavy atom. The summed E-state index contributed by atoms with van der Waals surface area (Å²) in [4.78, 5) is 0.133. The Kier molecular flexibility index (Phi) is 4.08. The van der Waals surface area contributed by atoms with Crippen molar-refractivity contribution >= 4 is 10.0 Å². The van der Waals surface area contributed by atoms with Gasteiger partial charge < -0.3 is 4.74 Å². The number of rotatable bonds is 3. The van der Waals surface area contributed by atoms with Crippen LogP contribution in [-0.4, -0.2) is 24.7 Å². The van der Waals surface area contributed by atoms with Gasteiger partial charge in [-0.15, -0.1) is 0 Å². The zero-order valence-corrected chi connectivity index (χ0v) is 14.7. The van der Waals surface area contributed by atoms with E-state index in [-0.39, 0.29) is 10.3 Å². The maximum Gasteiger partial charge on any atom is 0.286 e. The highest BCUT2D eigenvalue weighted by molar-refractivity contribution is 7.90. The molecule has 1 heterocycles. The third-order valence-corrected chi connectivity index (χ3v) is 5.20. The lowest BCUT2D eigenvalue weighted by atomic mass is 9.87. The van der Waals surface area contributed by atoms with E-state index in [9.17, 15) is 8.42 Å². The first-order chi connectivity index (χ1) is 10.1. The fourth-order valence-electron chi connectivity index (χ4n) is 2.29. The first-order valence-electron chi connectivity index (χ1n) is 7.05. The van der Waals surface area contributed by atoms with Gasteiger partial charge in [0, 0.05) is 0 Å². The molecule has 0 aliphatic heterocycles. The van der Waals surface area contributed by atoms with Crippen LogP contribution in [-0.2, 0) is 15.4 Å². The summed E-state index contributed by atoms with van der Waals surface area (Å²) < 4.78 is 32.2. The maximum atomic E-state index is 12.9. The molecular weight excluding hydrogens is 300 g/mol.